The molecule has 0 aliphatic rings. The average molecular weight is 500 g/mol. The van der Waals surface area contributed by atoms with Gasteiger partial charge in [-0.15, -0.1) is 10.2 Å². The lowest BCUT2D eigenvalue weighted by atomic mass is 10.1. The van der Waals surface area contributed by atoms with Crippen LogP contribution in [0, 0.1) is 6.92 Å². The first kappa shape index (κ1) is 23.1. The van der Waals surface area contributed by atoms with Crippen LogP contribution in [0.2, 0.25) is 5.02 Å². The Labute approximate surface area is 202 Å². The van der Waals surface area contributed by atoms with Crippen molar-refractivity contribution in [2.24, 2.45) is 0 Å². The van der Waals surface area contributed by atoms with Crippen molar-refractivity contribution in [3.05, 3.63) is 70.6 Å². The third-order valence-corrected chi connectivity index (χ3v) is 6.80. The van der Waals surface area contributed by atoms with E-state index < -0.39 is 0 Å². The van der Waals surface area contributed by atoms with E-state index in [1.807, 2.05) is 43.3 Å². The Morgan fingerprint density at radius 2 is 1.91 bits per heavy atom. The predicted molar refractivity (Wildman–Crippen MR) is 128 cm³/mol. The minimum absolute atomic E-state index is 0.0107. The quantitative estimate of drug-likeness (QED) is 0.192. The number of nitrogens with zero attached hydrogens (tertiary/aromatic N) is 4. The SMILES string of the molecule is Cc1ccc(C(=O)CSc2nnc(NC(=O)CCc3nc(-c4ccccc4Cl)no3)s2)cc1. The predicted octanol–water partition coefficient (Wildman–Crippen LogP) is 5.10. The normalized spacial score (nSPS) is 10.8. The number of ketones is 1. The summed E-state index contributed by atoms with van der Waals surface area (Å²) in [5, 5.41) is 15.5. The van der Waals surface area contributed by atoms with Crippen LogP contribution in [0.1, 0.15) is 28.2 Å². The second kappa shape index (κ2) is 10.7. The first-order valence-corrected chi connectivity index (χ1v) is 12.1. The van der Waals surface area contributed by atoms with Crippen LogP contribution in [-0.2, 0) is 11.2 Å². The molecule has 2 aromatic heterocycles. The highest BCUT2D eigenvalue weighted by molar-refractivity contribution is 8.01. The van der Waals surface area contributed by atoms with E-state index in [0.717, 1.165) is 5.56 Å². The van der Waals surface area contributed by atoms with Gasteiger partial charge in [0, 0.05) is 24.0 Å². The molecule has 33 heavy (non-hydrogen) atoms. The molecule has 0 aliphatic carbocycles. The summed E-state index contributed by atoms with van der Waals surface area (Å²) in [4.78, 5) is 28.8. The van der Waals surface area contributed by atoms with E-state index in [0.29, 0.717) is 37.3 Å². The lowest BCUT2D eigenvalue weighted by Gasteiger charge is -2.00. The number of rotatable bonds is 9. The summed E-state index contributed by atoms with van der Waals surface area (Å²) in [5.74, 6) is 0.717. The number of thioether (sulfide) groups is 1. The minimum atomic E-state index is -0.254. The number of Topliss-reactive ketones (excluding diaryl/α,β-unsaturated/α-hetero) is 1. The Morgan fingerprint density at radius 3 is 2.70 bits per heavy atom. The van der Waals surface area contributed by atoms with Crippen molar-refractivity contribution in [2.75, 3.05) is 11.1 Å². The van der Waals surface area contributed by atoms with Crippen LogP contribution < -0.4 is 5.32 Å². The summed E-state index contributed by atoms with van der Waals surface area (Å²) < 4.78 is 5.82. The summed E-state index contributed by atoms with van der Waals surface area (Å²) in [6.07, 6.45) is 0.410. The second-order valence-electron chi connectivity index (χ2n) is 6.99. The molecular formula is C22H18ClN5O3S2. The smallest absolute Gasteiger partial charge is 0.227 e. The largest absolute Gasteiger partial charge is 0.339 e. The van der Waals surface area contributed by atoms with Gasteiger partial charge < -0.3 is 9.84 Å². The van der Waals surface area contributed by atoms with E-state index >= 15 is 0 Å². The fraction of sp³-hybridized carbons (Fsp3) is 0.182. The molecule has 2 heterocycles. The lowest BCUT2D eigenvalue weighted by Crippen LogP contribution is -2.12. The standard InChI is InChI=1S/C22H18ClN5O3S2/c1-13-6-8-14(9-7-13)17(29)12-32-22-27-26-21(33-22)24-18(30)10-11-19-25-20(28-31-19)15-4-2-3-5-16(15)23/h2-9H,10-12H2,1H3,(H,24,26,30). The van der Waals surface area contributed by atoms with Crippen molar-refractivity contribution < 1.29 is 14.1 Å². The molecule has 8 nitrogen and oxygen atoms in total. The number of aromatic nitrogens is 4. The van der Waals surface area contributed by atoms with Gasteiger partial charge in [0.1, 0.15) is 0 Å². The Morgan fingerprint density at radius 1 is 1.12 bits per heavy atom. The van der Waals surface area contributed by atoms with Crippen molar-refractivity contribution in [3.8, 4) is 11.4 Å². The van der Waals surface area contributed by atoms with Gasteiger partial charge in [-0.1, -0.05) is 81.8 Å². The maximum atomic E-state index is 12.3. The number of benzene rings is 2. The summed E-state index contributed by atoms with van der Waals surface area (Å²) in [7, 11) is 0. The zero-order valence-corrected chi connectivity index (χ0v) is 19.8. The maximum Gasteiger partial charge on any atom is 0.227 e. The van der Waals surface area contributed by atoms with Gasteiger partial charge in [-0.2, -0.15) is 4.98 Å². The number of hydrogen-bond acceptors (Lipinski definition) is 9. The third kappa shape index (κ3) is 6.25. The average Bonchev–Trinajstić information content (AvgIpc) is 3.46. The Bertz CT molecular complexity index is 1270. The van der Waals surface area contributed by atoms with Crippen molar-refractivity contribution in [1.29, 1.82) is 0 Å². The van der Waals surface area contributed by atoms with Crippen LogP contribution >= 0.6 is 34.7 Å². The molecule has 0 radical (unpaired) electrons. The number of anilines is 1. The summed E-state index contributed by atoms with van der Waals surface area (Å²) in [5.41, 5.74) is 2.42. The molecule has 0 atom stereocenters. The zero-order chi connectivity index (χ0) is 23.2. The van der Waals surface area contributed by atoms with E-state index in [-0.39, 0.29) is 30.3 Å². The molecule has 1 N–H and O–H groups in total. The first-order valence-electron chi connectivity index (χ1n) is 9.91. The molecular weight excluding hydrogens is 482 g/mol. The van der Waals surface area contributed by atoms with Crippen LogP contribution in [0.15, 0.2) is 57.4 Å². The molecule has 0 bridgehead atoms. The molecule has 0 saturated carbocycles. The van der Waals surface area contributed by atoms with E-state index in [1.54, 1.807) is 12.1 Å². The molecule has 0 fully saturated rings. The first-order chi connectivity index (χ1) is 16.0. The molecule has 0 unspecified atom stereocenters. The Kier molecular flexibility index (Phi) is 7.48. The molecule has 168 valence electrons. The van der Waals surface area contributed by atoms with Gasteiger partial charge >= 0.3 is 0 Å². The number of aryl methyl sites for hydroxylation is 2. The number of amides is 1. The number of nitrogens with one attached hydrogen (secondary N) is 1. The van der Waals surface area contributed by atoms with E-state index in [9.17, 15) is 9.59 Å². The molecule has 4 rings (SSSR count). The zero-order valence-electron chi connectivity index (χ0n) is 17.4. The van der Waals surface area contributed by atoms with Gasteiger partial charge in [0.2, 0.25) is 22.8 Å². The maximum absolute atomic E-state index is 12.3. The molecule has 1 amide bonds. The van der Waals surface area contributed by atoms with Crippen LogP contribution in [0.3, 0.4) is 0 Å². The van der Waals surface area contributed by atoms with Crippen LogP contribution in [-0.4, -0.2) is 37.8 Å². The Balaban J connectivity index is 1.25. The molecule has 2 aromatic carbocycles. The lowest BCUT2D eigenvalue weighted by molar-refractivity contribution is -0.116. The van der Waals surface area contributed by atoms with Gasteiger partial charge in [-0.25, -0.2) is 0 Å². The summed E-state index contributed by atoms with van der Waals surface area (Å²) in [6.45, 7) is 1.97. The fourth-order valence-corrected chi connectivity index (χ4v) is 4.66. The van der Waals surface area contributed by atoms with Gasteiger partial charge in [-0.3, -0.25) is 9.59 Å². The van der Waals surface area contributed by atoms with Crippen LogP contribution in [0.5, 0.6) is 0 Å². The molecule has 0 spiro atoms. The molecule has 0 aliphatic heterocycles. The van der Waals surface area contributed by atoms with Gasteiger partial charge in [0.15, 0.2) is 10.1 Å². The van der Waals surface area contributed by atoms with Crippen molar-refractivity contribution in [3.63, 3.8) is 0 Å². The fourth-order valence-electron chi connectivity index (χ4n) is 2.78. The Hall–Kier alpha value is -3.08. The van der Waals surface area contributed by atoms with Crippen molar-refractivity contribution in [2.45, 2.75) is 24.1 Å². The van der Waals surface area contributed by atoms with Gasteiger partial charge in [-0.05, 0) is 19.1 Å². The minimum Gasteiger partial charge on any atom is -0.339 e. The number of hydrogen-bond donors (Lipinski definition) is 1. The van der Waals surface area contributed by atoms with Gasteiger partial charge in [0.05, 0.1) is 10.8 Å². The third-order valence-electron chi connectivity index (χ3n) is 4.50. The molecule has 4 aromatic rings. The highest BCUT2D eigenvalue weighted by Gasteiger charge is 2.15. The van der Waals surface area contributed by atoms with Crippen LogP contribution in [0.25, 0.3) is 11.4 Å². The summed E-state index contributed by atoms with van der Waals surface area (Å²) >= 11 is 8.65. The number of halogens is 1. The van der Waals surface area contributed by atoms with E-state index in [1.165, 1.54) is 23.1 Å². The highest BCUT2D eigenvalue weighted by atomic mass is 35.5. The number of carbonyl (C=O) groups is 2. The highest BCUT2D eigenvalue weighted by Crippen LogP contribution is 2.27. The second-order valence-corrected chi connectivity index (χ2v) is 9.60. The number of carbonyl (C=O) groups excluding carboxylic acids is 2. The monoisotopic (exact) mass is 499 g/mol. The summed E-state index contributed by atoms with van der Waals surface area (Å²) in [6, 6.07) is 14.6. The van der Waals surface area contributed by atoms with Crippen molar-refractivity contribution >= 4 is 51.5 Å². The van der Waals surface area contributed by atoms with Crippen LogP contribution in [0.4, 0.5) is 5.13 Å². The molecule has 0 saturated heterocycles. The van der Waals surface area contributed by atoms with Gasteiger partial charge in [0.25, 0.3) is 0 Å². The topological polar surface area (TPSA) is 111 Å². The van der Waals surface area contributed by atoms with E-state index in [4.69, 9.17) is 16.1 Å². The van der Waals surface area contributed by atoms with E-state index in [2.05, 4.69) is 25.7 Å². The van der Waals surface area contributed by atoms with Crippen molar-refractivity contribution in [1.82, 2.24) is 20.3 Å². The molecule has 11 heteroatoms.